The van der Waals surface area contributed by atoms with E-state index >= 15 is 0 Å². The van der Waals surface area contributed by atoms with Gasteiger partial charge in [0.15, 0.2) is 0 Å². The minimum Gasteiger partial charge on any atom is -0.169 e. The fourth-order valence-corrected chi connectivity index (χ4v) is 1.30. The molecule has 0 saturated heterocycles. The minimum absolute atomic E-state index is 0.0742. The molecule has 0 bridgehead atoms. The van der Waals surface area contributed by atoms with Crippen LogP contribution in [0.5, 0.6) is 0 Å². The van der Waals surface area contributed by atoms with Gasteiger partial charge in [0.25, 0.3) is 0 Å². The highest BCUT2D eigenvalue weighted by Crippen LogP contribution is 2.28. The van der Waals surface area contributed by atoms with Crippen LogP contribution in [0.3, 0.4) is 0 Å². The standard InChI is InChI=1S/C9H14S/c1-9(2,10)8-6-4-3-5-7-8/h3-4,6,10H,5,7H2,1-2H3. The summed E-state index contributed by atoms with van der Waals surface area (Å²) in [7, 11) is 0. The number of rotatable bonds is 1. The van der Waals surface area contributed by atoms with Crippen molar-refractivity contribution >= 4 is 12.6 Å². The molecule has 0 aromatic rings. The smallest absolute Gasteiger partial charge is 0.0284 e. The quantitative estimate of drug-likeness (QED) is 0.551. The van der Waals surface area contributed by atoms with Gasteiger partial charge in [0.05, 0.1) is 0 Å². The first-order valence-corrected chi connectivity index (χ1v) is 4.14. The summed E-state index contributed by atoms with van der Waals surface area (Å²) in [6.07, 6.45) is 8.85. The number of hydrogen-bond acceptors (Lipinski definition) is 1. The second-order valence-corrected chi connectivity index (χ2v) is 4.34. The highest BCUT2D eigenvalue weighted by molar-refractivity contribution is 7.82. The Balaban J connectivity index is 2.72. The van der Waals surface area contributed by atoms with Gasteiger partial charge in [-0.2, -0.15) is 12.6 Å². The minimum atomic E-state index is 0.0742. The van der Waals surface area contributed by atoms with E-state index in [-0.39, 0.29) is 4.75 Å². The Morgan fingerprint density at radius 1 is 1.50 bits per heavy atom. The van der Waals surface area contributed by atoms with Crippen LogP contribution in [-0.4, -0.2) is 4.75 Å². The maximum absolute atomic E-state index is 4.50. The third-order valence-electron chi connectivity index (χ3n) is 1.80. The van der Waals surface area contributed by atoms with Gasteiger partial charge in [0, 0.05) is 4.75 Å². The maximum Gasteiger partial charge on any atom is 0.0284 e. The van der Waals surface area contributed by atoms with Crippen molar-refractivity contribution < 1.29 is 0 Å². The van der Waals surface area contributed by atoms with Crippen molar-refractivity contribution in [2.75, 3.05) is 0 Å². The molecule has 0 N–H and O–H groups in total. The highest BCUT2D eigenvalue weighted by Gasteiger charge is 2.17. The lowest BCUT2D eigenvalue weighted by Gasteiger charge is -2.22. The highest BCUT2D eigenvalue weighted by atomic mass is 32.1. The van der Waals surface area contributed by atoms with Crippen LogP contribution in [0.1, 0.15) is 26.7 Å². The van der Waals surface area contributed by atoms with E-state index in [1.54, 1.807) is 0 Å². The van der Waals surface area contributed by atoms with Gasteiger partial charge in [-0.3, -0.25) is 0 Å². The lowest BCUT2D eigenvalue weighted by atomic mass is 9.94. The van der Waals surface area contributed by atoms with Crippen molar-refractivity contribution in [1.29, 1.82) is 0 Å². The molecule has 0 fully saturated rings. The summed E-state index contributed by atoms with van der Waals surface area (Å²) < 4.78 is 0.0742. The average molecular weight is 154 g/mol. The summed E-state index contributed by atoms with van der Waals surface area (Å²) in [5, 5.41) is 0. The third-order valence-corrected chi connectivity index (χ3v) is 2.09. The number of hydrogen-bond donors (Lipinski definition) is 1. The van der Waals surface area contributed by atoms with Crippen LogP contribution in [-0.2, 0) is 0 Å². The molecule has 0 aromatic carbocycles. The molecule has 0 radical (unpaired) electrons. The molecular formula is C9H14S. The lowest BCUT2D eigenvalue weighted by Crippen LogP contribution is -2.14. The van der Waals surface area contributed by atoms with Crippen LogP contribution in [0, 0.1) is 0 Å². The molecule has 0 atom stereocenters. The van der Waals surface area contributed by atoms with E-state index in [0.29, 0.717) is 0 Å². The monoisotopic (exact) mass is 154 g/mol. The largest absolute Gasteiger partial charge is 0.169 e. The van der Waals surface area contributed by atoms with Crippen molar-refractivity contribution in [2.45, 2.75) is 31.4 Å². The van der Waals surface area contributed by atoms with Gasteiger partial charge < -0.3 is 0 Å². The second kappa shape index (κ2) is 2.83. The van der Waals surface area contributed by atoms with Crippen molar-refractivity contribution in [1.82, 2.24) is 0 Å². The summed E-state index contributed by atoms with van der Waals surface area (Å²) in [5.41, 5.74) is 1.44. The van der Waals surface area contributed by atoms with Crippen molar-refractivity contribution in [2.24, 2.45) is 0 Å². The maximum atomic E-state index is 4.50. The summed E-state index contributed by atoms with van der Waals surface area (Å²) in [6.45, 7) is 4.28. The van der Waals surface area contributed by atoms with E-state index in [1.807, 2.05) is 0 Å². The van der Waals surface area contributed by atoms with E-state index < -0.39 is 0 Å². The van der Waals surface area contributed by atoms with Crippen LogP contribution >= 0.6 is 12.6 Å². The molecule has 1 rings (SSSR count). The Morgan fingerprint density at radius 3 is 2.50 bits per heavy atom. The van der Waals surface area contributed by atoms with Gasteiger partial charge in [0.2, 0.25) is 0 Å². The summed E-state index contributed by atoms with van der Waals surface area (Å²) >= 11 is 4.50. The molecule has 1 aliphatic rings. The SMILES string of the molecule is CC(C)(S)C1=CC=CCC1. The summed E-state index contributed by atoms with van der Waals surface area (Å²) in [6, 6.07) is 0. The molecule has 0 spiro atoms. The predicted molar refractivity (Wildman–Crippen MR) is 49.5 cm³/mol. The normalized spacial score (nSPS) is 18.9. The van der Waals surface area contributed by atoms with E-state index in [2.05, 4.69) is 44.7 Å². The molecule has 1 aliphatic carbocycles. The first kappa shape index (κ1) is 7.93. The van der Waals surface area contributed by atoms with Crippen LogP contribution in [0.25, 0.3) is 0 Å². The molecule has 0 heterocycles. The first-order valence-electron chi connectivity index (χ1n) is 3.69. The van der Waals surface area contributed by atoms with Crippen molar-refractivity contribution in [3.8, 4) is 0 Å². The Kier molecular flexibility index (Phi) is 2.24. The molecule has 1 heteroatoms. The zero-order valence-corrected chi connectivity index (χ0v) is 7.49. The van der Waals surface area contributed by atoms with Crippen LogP contribution in [0.4, 0.5) is 0 Å². The van der Waals surface area contributed by atoms with Crippen LogP contribution in [0.2, 0.25) is 0 Å². The summed E-state index contributed by atoms with van der Waals surface area (Å²) in [5.74, 6) is 0. The number of allylic oxidation sites excluding steroid dienone is 3. The fourth-order valence-electron chi connectivity index (χ4n) is 1.11. The van der Waals surface area contributed by atoms with Gasteiger partial charge >= 0.3 is 0 Å². The van der Waals surface area contributed by atoms with Crippen molar-refractivity contribution in [3.05, 3.63) is 23.8 Å². The molecule has 0 nitrogen and oxygen atoms in total. The van der Waals surface area contributed by atoms with E-state index in [1.165, 1.54) is 18.4 Å². The number of thiol groups is 1. The van der Waals surface area contributed by atoms with Crippen LogP contribution < -0.4 is 0 Å². The first-order chi connectivity index (χ1) is 4.61. The molecule has 0 aromatic heterocycles. The molecule has 56 valence electrons. The topological polar surface area (TPSA) is 0 Å². The van der Waals surface area contributed by atoms with Gasteiger partial charge in [-0.15, -0.1) is 0 Å². The van der Waals surface area contributed by atoms with Crippen LogP contribution in [0.15, 0.2) is 23.8 Å². The molecule has 0 unspecified atom stereocenters. The molecule has 0 saturated carbocycles. The Morgan fingerprint density at radius 2 is 2.20 bits per heavy atom. The van der Waals surface area contributed by atoms with Crippen molar-refractivity contribution in [3.63, 3.8) is 0 Å². The van der Waals surface area contributed by atoms with Gasteiger partial charge in [-0.05, 0) is 26.7 Å². The molecule has 10 heavy (non-hydrogen) atoms. The predicted octanol–water partition coefficient (Wildman–Crippen LogP) is 2.97. The fraction of sp³-hybridized carbons (Fsp3) is 0.556. The Hall–Kier alpha value is -0.170. The third kappa shape index (κ3) is 1.91. The molecule has 0 amide bonds. The molecule has 0 aliphatic heterocycles. The zero-order valence-electron chi connectivity index (χ0n) is 6.59. The average Bonchev–Trinajstić information content (AvgIpc) is 1.88. The van der Waals surface area contributed by atoms with Gasteiger partial charge in [-0.1, -0.05) is 23.8 Å². The Bertz CT molecular complexity index is 170. The molecular weight excluding hydrogens is 140 g/mol. The summed E-state index contributed by atoms with van der Waals surface area (Å²) in [4.78, 5) is 0. The van der Waals surface area contributed by atoms with E-state index in [4.69, 9.17) is 0 Å². The van der Waals surface area contributed by atoms with E-state index in [9.17, 15) is 0 Å². The van der Waals surface area contributed by atoms with E-state index in [0.717, 1.165) is 0 Å². The zero-order chi connectivity index (χ0) is 7.61. The van der Waals surface area contributed by atoms with Gasteiger partial charge in [-0.25, -0.2) is 0 Å². The Labute approximate surface area is 68.4 Å². The second-order valence-electron chi connectivity index (χ2n) is 3.22. The van der Waals surface area contributed by atoms with Gasteiger partial charge in [0.1, 0.15) is 0 Å². The lowest BCUT2D eigenvalue weighted by molar-refractivity contribution is 0.764.